The van der Waals surface area contributed by atoms with Crippen LogP contribution in [0.3, 0.4) is 0 Å². The number of anilines is 2. The molecule has 1 atom stereocenters. The van der Waals surface area contributed by atoms with Gasteiger partial charge in [-0.2, -0.15) is 0 Å². The van der Waals surface area contributed by atoms with Crippen molar-refractivity contribution in [1.29, 1.82) is 0 Å². The molecule has 2 N–H and O–H groups in total. The lowest BCUT2D eigenvalue weighted by Gasteiger charge is -2.19. The Bertz CT molecular complexity index is 1170. The molecule has 0 radical (unpaired) electrons. The van der Waals surface area contributed by atoms with Gasteiger partial charge in [0.2, 0.25) is 0 Å². The Morgan fingerprint density at radius 1 is 0.938 bits per heavy atom. The van der Waals surface area contributed by atoms with E-state index in [0.717, 1.165) is 0 Å². The molecule has 3 rings (SSSR count). The summed E-state index contributed by atoms with van der Waals surface area (Å²) in [7, 11) is -2.26. The molecule has 0 saturated heterocycles. The van der Waals surface area contributed by atoms with Crippen molar-refractivity contribution in [2.75, 3.05) is 17.1 Å². The Hall–Kier alpha value is -3.23. The van der Waals surface area contributed by atoms with E-state index in [1.807, 2.05) is 13.0 Å². The van der Waals surface area contributed by atoms with Crippen molar-refractivity contribution in [3.05, 3.63) is 77.8 Å². The average Bonchev–Trinajstić information content (AvgIpc) is 2.79. The summed E-state index contributed by atoms with van der Waals surface area (Å²) in [6.07, 6.45) is -0.317. The summed E-state index contributed by atoms with van der Waals surface area (Å²) >= 11 is 5.83. The van der Waals surface area contributed by atoms with E-state index in [-0.39, 0.29) is 10.8 Å². The molecular weight excluding hydrogens is 452 g/mol. The summed E-state index contributed by atoms with van der Waals surface area (Å²) in [6, 6.07) is 19.3. The van der Waals surface area contributed by atoms with Crippen molar-refractivity contribution < 1.29 is 22.7 Å². The van der Waals surface area contributed by atoms with Gasteiger partial charge in [-0.05, 0) is 67.1 Å². The smallest absolute Gasteiger partial charge is 0.265 e. The lowest BCUT2D eigenvalue weighted by molar-refractivity contribution is -0.122. The normalized spacial score (nSPS) is 12.0. The molecule has 0 aliphatic heterocycles. The van der Waals surface area contributed by atoms with Crippen LogP contribution in [0.25, 0.3) is 0 Å². The van der Waals surface area contributed by atoms with E-state index in [1.54, 1.807) is 42.5 Å². The fraction of sp³-hybridized carbons (Fsp3) is 0.174. The minimum atomic E-state index is -3.79. The number of ether oxygens (including phenoxy) is 2. The number of hydrogen-bond acceptors (Lipinski definition) is 5. The number of sulfonamides is 1. The summed E-state index contributed by atoms with van der Waals surface area (Å²) in [5, 5.41) is 3.26. The first-order valence-corrected chi connectivity index (χ1v) is 11.7. The van der Waals surface area contributed by atoms with E-state index in [1.165, 1.54) is 31.4 Å². The van der Waals surface area contributed by atoms with Crippen LogP contribution < -0.4 is 19.5 Å². The zero-order chi connectivity index (χ0) is 23.1. The van der Waals surface area contributed by atoms with Crippen molar-refractivity contribution in [1.82, 2.24) is 0 Å². The number of rotatable bonds is 9. The van der Waals surface area contributed by atoms with E-state index in [9.17, 15) is 13.2 Å². The highest BCUT2D eigenvalue weighted by atomic mass is 35.5. The molecule has 0 aromatic heterocycles. The Labute approximate surface area is 192 Å². The van der Waals surface area contributed by atoms with Crippen molar-refractivity contribution in [2.24, 2.45) is 0 Å². The van der Waals surface area contributed by atoms with E-state index >= 15 is 0 Å². The molecule has 3 aromatic carbocycles. The second-order valence-electron chi connectivity index (χ2n) is 6.79. The van der Waals surface area contributed by atoms with Gasteiger partial charge in [-0.15, -0.1) is 0 Å². The minimum Gasteiger partial charge on any atom is -0.493 e. The number of para-hydroxylation sites is 2. The van der Waals surface area contributed by atoms with Crippen LogP contribution in [0.2, 0.25) is 5.02 Å². The van der Waals surface area contributed by atoms with Crippen molar-refractivity contribution in [3.63, 3.8) is 0 Å². The molecule has 0 spiro atoms. The third-order valence-electron chi connectivity index (χ3n) is 4.53. The summed E-state index contributed by atoms with van der Waals surface area (Å²) in [5.41, 5.74) is 0.841. The number of methoxy groups -OCH3 is 1. The number of carbonyl (C=O) groups excluding carboxylic acids is 1. The lowest BCUT2D eigenvalue weighted by atomic mass is 10.2. The van der Waals surface area contributed by atoms with Crippen LogP contribution in [-0.4, -0.2) is 27.5 Å². The zero-order valence-electron chi connectivity index (χ0n) is 17.5. The molecule has 0 fully saturated rings. The van der Waals surface area contributed by atoms with Gasteiger partial charge in [0.25, 0.3) is 15.9 Å². The molecule has 168 valence electrons. The molecule has 7 nitrogen and oxygen atoms in total. The van der Waals surface area contributed by atoms with Crippen LogP contribution in [0.1, 0.15) is 13.3 Å². The summed E-state index contributed by atoms with van der Waals surface area (Å²) < 4.78 is 38.7. The van der Waals surface area contributed by atoms with Crippen molar-refractivity contribution in [3.8, 4) is 11.5 Å². The largest absolute Gasteiger partial charge is 0.493 e. The molecule has 1 amide bonds. The highest BCUT2D eigenvalue weighted by molar-refractivity contribution is 7.92. The lowest BCUT2D eigenvalue weighted by Crippen LogP contribution is -2.32. The Morgan fingerprint density at radius 3 is 2.12 bits per heavy atom. The van der Waals surface area contributed by atoms with Gasteiger partial charge in [-0.25, -0.2) is 8.42 Å². The molecule has 3 aromatic rings. The van der Waals surface area contributed by atoms with Gasteiger partial charge >= 0.3 is 0 Å². The maximum Gasteiger partial charge on any atom is 0.265 e. The fourth-order valence-corrected chi connectivity index (χ4v) is 4.05. The predicted octanol–water partition coefficient (Wildman–Crippen LogP) is 4.95. The standard InChI is InChI=1S/C23H23ClN2O5S/c1-3-20(31-22-7-5-4-6-21(22)30-2)23(27)25-17-12-14-19(15-13-17)32(28,29)26-18-10-8-16(24)9-11-18/h4-15,20,26H,3H2,1-2H3,(H,25,27)/t20-/m0/s1. The maximum atomic E-state index is 12.7. The van der Waals surface area contributed by atoms with Gasteiger partial charge in [-0.3, -0.25) is 9.52 Å². The van der Waals surface area contributed by atoms with Gasteiger partial charge in [0, 0.05) is 16.4 Å². The van der Waals surface area contributed by atoms with E-state index < -0.39 is 16.1 Å². The number of nitrogens with one attached hydrogen (secondary N) is 2. The van der Waals surface area contributed by atoms with Crippen LogP contribution in [0.5, 0.6) is 11.5 Å². The third kappa shape index (κ3) is 5.93. The van der Waals surface area contributed by atoms with Gasteiger partial charge in [0.15, 0.2) is 17.6 Å². The minimum absolute atomic E-state index is 0.0581. The van der Waals surface area contributed by atoms with Crippen LogP contribution >= 0.6 is 11.6 Å². The van der Waals surface area contributed by atoms with E-state index in [2.05, 4.69) is 10.0 Å². The number of hydrogen-bond donors (Lipinski definition) is 2. The Kier molecular flexibility index (Phi) is 7.61. The Balaban J connectivity index is 1.67. The highest BCUT2D eigenvalue weighted by Crippen LogP contribution is 2.28. The van der Waals surface area contributed by atoms with Gasteiger partial charge < -0.3 is 14.8 Å². The van der Waals surface area contributed by atoms with Gasteiger partial charge in [0.05, 0.1) is 12.0 Å². The molecule has 0 aliphatic rings. The number of amides is 1. The molecular formula is C23H23ClN2O5S. The van der Waals surface area contributed by atoms with Crippen LogP contribution in [0.15, 0.2) is 77.7 Å². The monoisotopic (exact) mass is 474 g/mol. The molecule has 0 aliphatic carbocycles. The third-order valence-corrected chi connectivity index (χ3v) is 6.18. The molecule has 0 heterocycles. The molecule has 0 bridgehead atoms. The highest BCUT2D eigenvalue weighted by Gasteiger charge is 2.21. The quantitative estimate of drug-likeness (QED) is 0.458. The summed E-state index contributed by atoms with van der Waals surface area (Å²) in [4.78, 5) is 12.7. The first-order valence-electron chi connectivity index (χ1n) is 9.81. The summed E-state index contributed by atoms with van der Waals surface area (Å²) in [6.45, 7) is 1.83. The molecule has 9 heteroatoms. The Morgan fingerprint density at radius 2 is 1.53 bits per heavy atom. The first-order chi connectivity index (χ1) is 15.3. The van der Waals surface area contributed by atoms with Crippen LogP contribution in [-0.2, 0) is 14.8 Å². The number of halogens is 1. The zero-order valence-corrected chi connectivity index (χ0v) is 19.1. The van der Waals surface area contributed by atoms with Crippen LogP contribution in [0.4, 0.5) is 11.4 Å². The fourth-order valence-electron chi connectivity index (χ4n) is 2.86. The van der Waals surface area contributed by atoms with Crippen molar-refractivity contribution in [2.45, 2.75) is 24.3 Å². The second kappa shape index (κ2) is 10.4. The van der Waals surface area contributed by atoms with E-state index in [4.69, 9.17) is 21.1 Å². The van der Waals surface area contributed by atoms with E-state index in [0.29, 0.717) is 34.3 Å². The molecule has 32 heavy (non-hydrogen) atoms. The first kappa shape index (κ1) is 23.4. The summed E-state index contributed by atoms with van der Waals surface area (Å²) in [5.74, 6) is 0.640. The van der Waals surface area contributed by atoms with Gasteiger partial charge in [0.1, 0.15) is 0 Å². The second-order valence-corrected chi connectivity index (χ2v) is 8.91. The predicted molar refractivity (Wildman–Crippen MR) is 125 cm³/mol. The average molecular weight is 475 g/mol. The maximum absolute atomic E-state index is 12.7. The number of benzene rings is 3. The van der Waals surface area contributed by atoms with Crippen LogP contribution in [0, 0.1) is 0 Å². The molecule has 0 unspecified atom stereocenters. The topological polar surface area (TPSA) is 93.7 Å². The van der Waals surface area contributed by atoms with Crippen molar-refractivity contribution >= 4 is 38.9 Å². The van der Waals surface area contributed by atoms with Gasteiger partial charge in [-0.1, -0.05) is 30.7 Å². The number of carbonyl (C=O) groups is 1. The SMILES string of the molecule is CC[C@H](Oc1ccccc1OC)C(=O)Nc1ccc(S(=O)(=O)Nc2ccc(Cl)cc2)cc1. The molecule has 0 saturated carbocycles.